The summed E-state index contributed by atoms with van der Waals surface area (Å²) in [5.41, 5.74) is 1.28. The minimum atomic E-state index is 0.658. The summed E-state index contributed by atoms with van der Waals surface area (Å²) in [6, 6.07) is 2.80. The summed E-state index contributed by atoms with van der Waals surface area (Å²) in [5, 5.41) is 3.32. The van der Waals surface area contributed by atoms with Crippen molar-refractivity contribution < 1.29 is 0 Å². The van der Waals surface area contributed by atoms with Gasteiger partial charge in [-0.3, -0.25) is 9.88 Å². The van der Waals surface area contributed by atoms with E-state index in [0.29, 0.717) is 6.04 Å². The molecule has 1 saturated heterocycles. The van der Waals surface area contributed by atoms with Crippen molar-refractivity contribution in [2.75, 3.05) is 20.1 Å². The maximum atomic E-state index is 4.18. The zero-order chi connectivity index (χ0) is 10.7. The smallest absolute Gasteiger partial charge is 0.0410 e. The zero-order valence-electron chi connectivity index (χ0n) is 8.91. The first-order chi connectivity index (χ1) is 7.28. The van der Waals surface area contributed by atoms with Crippen LogP contribution in [0.5, 0.6) is 0 Å². The van der Waals surface area contributed by atoms with Crippen molar-refractivity contribution in [2.24, 2.45) is 0 Å². The highest BCUT2D eigenvalue weighted by Crippen LogP contribution is 2.15. The molecule has 1 aromatic heterocycles. The second kappa shape index (κ2) is 5.05. The highest BCUT2D eigenvalue weighted by Gasteiger charge is 2.20. The molecule has 3 nitrogen and oxygen atoms in total. The number of likely N-dealkylation sites (tertiary alicyclic amines) is 1. The van der Waals surface area contributed by atoms with Gasteiger partial charge in [0, 0.05) is 42.5 Å². The number of hydrogen-bond donors (Lipinski definition) is 1. The number of nitrogens with one attached hydrogen (secondary N) is 1. The summed E-state index contributed by atoms with van der Waals surface area (Å²) in [6.07, 6.45) is 5.01. The molecule has 4 heteroatoms. The molecule has 0 aliphatic carbocycles. The molecule has 0 bridgehead atoms. The Balaban J connectivity index is 1.92. The second-order valence-corrected chi connectivity index (χ2v) is 4.94. The summed E-state index contributed by atoms with van der Waals surface area (Å²) < 4.78 is 1.06. The second-order valence-electron chi connectivity index (χ2n) is 4.02. The van der Waals surface area contributed by atoms with E-state index in [1.165, 1.54) is 18.5 Å². The molecule has 82 valence electrons. The number of pyridine rings is 1. The van der Waals surface area contributed by atoms with E-state index >= 15 is 0 Å². The molecule has 0 aromatic carbocycles. The first-order valence-corrected chi connectivity index (χ1v) is 6.06. The summed E-state index contributed by atoms with van der Waals surface area (Å²) in [4.78, 5) is 6.64. The van der Waals surface area contributed by atoms with Gasteiger partial charge in [0.2, 0.25) is 0 Å². The molecule has 0 spiro atoms. The van der Waals surface area contributed by atoms with E-state index in [9.17, 15) is 0 Å². The van der Waals surface area contributed by atoms with Gasteiger partial charge in [0.1, 0.15) is 0 Å². The van der Waals surface area contributed by atoms with E-state index in [4.69, 9.17) is 0 Å². The molecule has 0 amide bonds. The van der Waals surface area contributed by atoms with Gasteiger partial charge in [0.05, 0.1) is 0 Å². The summed E-state index contributed by atoms with van der Waals surface area (Å²) in [6.45, 7) is 3.33. The van der Waals surface area contributed by atoms with Crippen LogP contribution < -0.4 is 5.32 Å². The molecule has 0 saturated carbocycles. The minimum absolute atomic E-state index is 0.658. The van der Waals surface area contributed by atoms with Crippen LogP contribution in [0.15, 0.2) is 22.9 Å². The lowest BCUT2D eigenvalue weighted by Gasteiger charge is -2.15. The monoisotopic (exact) mass is 269 g/mol. The Kier molecular flexibility index (Phi) is 3.72. The van der Waals surface area contributed by atoms with E-state index < -0.39 is 0 Å². The molecule has 1 unspecified atom stereocenters. The van der Waals surface area contributed by atoms with E-state index in [2.05, 4.69) is 37.2 Å². The van der Waals surface area contributed by atoms with Crippen LogP contribution in [0.3, 0.4) is 0 Å². The SMILES string of the molecule is CNC1CCN(Cc2cncc(Br)c2)C1. The van der Waals surface area contributed by atoms with E-state index in [-0.39, 0.29) is 0 Å². The van der Waals surface area contributed by atoms with Crippen molar-refractivity contribution in [3.63, 3.8) is 0 Å². The van der Waals surface area contributed by atoms with E-state index in [0.717, 1.165) is 17.6 Å². The highest BCUT2D eigenvalue weighted by atomic mass is 79.9. The fraction of sp³-hybridized carbons (Fsp3) is 0.545. The predicted octanol–water partition coefficient (Wildman–Crippen LogP) is 1.64. The highest BCUT2D eigenvalue weighted by molar-refractivity contribution is 9.10. The number of likely N-dealkylation sites (N-methyl/N-ethyl adjacent to an activating group) is 1. The van der Waals surface area contributed by atoms with Gasteiger partial charge < -0.3 is 5.32 Å². The minimum Gasteiger partial charge on any atom is -0.316 e. The van der Waals surface area contributed by atoms with Crippen LogP contribution in [0.2, 0.25) is 0 Å². The number of nitrogens with zero attached hydrogens (tertiary/aromatic N) is 2. The molecule has 1 aromatic rings. The molecule has 2 rings (SSSR count). The summed E-state index contributed by atoms with van der Waals surface area (Å²) >= 11 is 3.44. The van der Waals surface area contributed by atoms with Gasteiger partial charge in [0.15, 0.2) is 0 Å². The summed E-state index contributed by atoms with van der Waals surface area (Å²) in [7, 11) is 2.04. The molecule has 1 atom stereocenters. The molecule has 0 radical (unpaired) electrons. The Bertz CT molecular complexity index is 329. The quantitative estimate of drug-likeness (QED) is 0.905. The van der Waals surface area contributed by atoms with Crippen LogP contribution in [0, 0.1) is 0 Å². The fourth-order valence-electron chi connectivity index (χ4n) is 2.01. The van der Waals surface area contributed by atoms with Crippen molar-refractivity contribution in [3.8, 4) is 0 Å². The molecule has 2 heterocycles. The fourth-order valence-corrected chi connectivity index (χ4v) is 2.42. The van der Waals surface area contributed by atoms with Crippen LogP contribution in [-0.4, -0.2) is 36.1 Å². The largest absolute Gasteiger partial charge is 0.316 e. The maximum absolute atomic E-state index is 4.18. The lowest BCUT2D eigenvalue weighted by atomic mass is 10.2. The number of hydrogen-bond acceptors (Lipinski definition) is 3. The third-order valence-electron chi connectivity index (χ3n) is 2.85. The first kappa shape index (κ1) is 11.0. The van der Waals surface area contributed by atoms with Gasteiger partial charge in [-0.25, -0.2) is 0 Å². The topological polar surface area (TPSA) is 28.2 Å². The molecule has 1 fully saturated rings. The maximum Gasteiger partial charge on any atom is 0.0410 e. The van der Waals surface area contributed by atoms with Gasteiger partial charge in [-0.15, -0.1) is 0 Å². The summed E-state index contributed by atoms with van der Waals surface area (Å²) in [5.74, 6) is 0. The predicted molar refractivity (Wildman–Crippen MR) is 64.7 cm³/mol. The average Bonchev–Trinajstić information content (AvgIpc) is 2.65. The number of rotatable bonds is 3. The normalized spacial score (nSPS) is 22.1. The molecule has 15 heavy (non-hydrogen) atoms. The lowest BCUT2D eigenvalue weighted by Crippen LogP contribution is -2.29. The Morgan fingerprint density at radius 3 is 3.13 bits per heavy atom. The van der Waals surface area contributed by atoms with Gasteiger partial charge in [-0.2, -0.15) is 0 Å². The van der Waals surface area contributed by atoms with Crippen molar-refractivity contribution in [3.05, 3.63) is 28.5 Å². The van der Waals surface area contributed by atoms with Crippen LogP contribution in [0.25, 0.3) is 0 Å². The van der Waals surface area contributed by atoms with Gasteiger partial charge in [-0.1, -0.05) is 0 Å². The molecule has 1 aliphatic heterocycles. The first-order valence-electron chi connectivity index (χ1n) is 5.27. The van der Waals surface area contributed by atoms with E-state index in [1.807, 2.05) is 19.4 Å². The molecule has 1 aliphatic rings. The van der Waals surface area contributed by atoms with Gasteiger partial charge >= 0.3 is 0 Å². The van der Waals surface area contributed by atoms with Crippen molar-refractivity contribution in [1.29, 1.82) is 0 Å². The van der Waals surface area contributed by atoms with Crippen LogP contribution in [0.1, 0.15) is 12.0 Å². The number of halogens is 1. The van der Waals surface area contributed by atoms with Crippen LogP contribution in [-0.2, 0) is 6.54 Å². The Labute approximate surface area is 99.0 Å². The van der Waals surface area contributed by atoms with Gasteiger partial charge in [0.25, 0.3) is 0 Å². The third-order valence-corrected chi connectivity index (χ3v) is 3.28. The van der Waals surface area contributed by atoms with Crippen molar-refractivity contribution in [1.82, 2.24) is 15.2 Å². The third kappa shape index (κ3) is 3.00. The molecule has 1 N–H and O–H groups in total. The van der Waals surface area contributed by atoms with E-state index in [1.54, 1.807) is 0 Å². The van der Waals surface area contributed by atoms with Crippen LogP contribution >= 0.6 is 15.9 Å². The Morgan fingerprint density at radius 2 is 2.47 bits per heavy atom. The molecular formula is C11H16BrN3. The van der Waals surface area contributed by atoms with Crippen LogP contribution in [0.4, 0.5) is 0 Å². The van der Waals surface area contributed by atoms with Crippen molar-refractivity contribution in [2.45, 2.75) is 19.0 Å². The Hall–Kier alpha value is -0.450. The number of aromatic nitrogens is 1. The zero-order valence-corrected chi connectivity index (χ0v) is 10.5. The average molecular weight is 270 g/mol. The molecular weight excluding hydrogens is 254 g/mol. The Morgan fingerprint density at radius 1 is 1.60 bits per heavy atom. The standard InChI is InChI=1S/C11H16BrN3/c1-13-11-2-3-15(8-11)7-9-4-10(12)6-14-5-9/h4-6,11,13H,2-3,7-8H2,1H3. The lowest BCUT2D eigenvalue weighted by molar-refractivity contribution is 0.322. The van der Waals surface area contributed by atoms with Crippen molar-refractivity contribution >= 4 is 15.9 Å². The van der Waals surface area contributed by atoms with Gasteiger partial charge in [-0.05, 0) is 41.0 Å².